The summed E-state index contributed by atoms with van der Waals surface area (Å²) >= 11 is 0. The van der Waals surface area contributed by atoms with E-state index in [1.165, 1.54) is 0 Å². The first-order chi connectivity index (χ1) is 9.70. The molecule has 4 heteroatoms. The van der Waals surface area contributed by atoms with Crippen molar-refractivity contribution in [2.45, 2.75) is 6.92 Å². The quantitative estimate of drug-likeness (QED) is 0.670. The van der Waals surface area contributed by atoms with Crippen molar-refractivity contribution >= 4 is 23.0 Å². The number of hydrogen-bond acceptors (Lipinski definition) is 4. The molecule has 20 heavy (non-hydrogen) atoms. The van der Waals surface area contributed by atoms with Gasteiger partial charge in [0.15, 0.2) is 0 Å². The molecule has 104 valence electrons. The molecule has 0 aliphatic rings. The summed E-state index contributed by atoms with van der Waals surface area (Å²) in [6, 6.07) is 17.1. The first kappa shape index (κ1) is 13.9. The van der Waals surface area contributed by atoms with Crippen LogP contribution in [0.2, 0.25) is 0 Å². The van der Waals surface area contributed by atoms with Gasteiger partial charge in [0.2, 0.25) is 0 Å². The lowest BCUT2D eigenvalue weighted by Crippen LogP contribution is -2.26. The molecule has 0 heterocycles. The maximum Gasteiger partial charge on any atom is 0.325 e. The van der Waals surface area contributed by atoms with Crippen molar-refractivity contribution in [1.82, 2.24) is 0 Å². The maximum absolute atomic E-state index is 11.8. The zero-order valence-corrected chi connectivity index (χ0v) is 11.5. The average molecular weight is 270 g/mol. The average Bonchev–Trinajstić information content (AvgIpc) is 2.47. The predicted octanol–water partition coefficient (Wildman–Crippen LogP) is 2.97. The molecule has 2 rings (SSSR count). The zero-order chi connectivity index (χ0) is 14.4. The molecule has 2 aromatic carbocycles. The summed E-state index contributed by atoms with van der Waals surface area (Å²) < 4.78 is 5.03. The van der Waals surface area contributed by atoms with Crippen LogP contribution in [0.1, 0.15) is 6.92 Å². The summed E-state index contributed by atoms with van der Waals surface area (Å²) in [6.07, 6.45) is 0. The molecule has 0 spiro atoms. The second kappa shape index (κ2) is 6.61. The monoisotopic (exact) mass is 270 g/mol. The number of nitrogen functional groups attached to an aromatic ring is 1. The molecule has 0 aliphatic heterocycles. The molecule has 0 atom stereocenters. The number of benzene rings is 2. The molecule has 0 saturated carbocycles. The molecule has 0 aromatic heterocycles. The van der Waals surface area contributed by atoms with Crippen molar-refractivity contribution in [2.24, 2.45) is 0 Å². The fourth-order valence-corrected chi connectivity index (χ4v) is 1.93. The number of esters is 1. The Morgan fingerprint density at radius 1 is 1.05 bits per heavy atom. The standard InChI is InChI=1S/C16H18N2O2/c1-2-20-16(19)12-18(14-6-4-3-5-7-14)15-10-8-13(17)9-11-15/h3-11H,2,12,17H2,1H3. The minimum Gasteiger partial charge on any atom is -0.465 e. The van der Waals surface area contributed by atoms with Crippen LogP contribution in [0.4, 0.5) is 17.1 Å². The van der Waals surface area contributed by atoms with Crippen LogP contribution in [0.15, 0.2) is 54.6 Å². The third kappa shape index (κ3) is 3.51. The normalized spacial score (nSPS) is 10.1. The van der Waals surface area contributed by atoms with E-state index in [4.69, 9.17) is 10.5 Å². The van der Waals surface area contributed by atoms with Gasteiger partial charge < -0.3 is 15.4 Å². The second-order valence-corrected chi connectivity index (χ2v) is 4.32. The van der Waals surface area contributed by atoms with E-state index in [1.54, 1.807) is 6.92 Å². The Bertz CT molecular complexity index is 552. The highest BCUT2D eigenvalue weighted by Crippen LogP contribution is 2.25. The largest absolute Gasteiger partial charge is 0.465 e. The van der Waals surface area contributed by atoms with E-state index in [0.717, 1.165) is 11.4 Å². The van der Waals surface area contributed by atoms with Gasteiger partial charge in [-0.05, 0) is 43.3 Å². The fourth-order valence-electron chi connectivity index (χ4n) is 1.93. The van der Waals surface area contributed by atoms with Crippen LogP contribution in [0, 0.1) is 0 Å². The van der Waals surface area contributed by atoms with Crippen molar-refractivity contribution in [1.29, 1.82) is 0 Å². The molecule has 0 saturated heterocycles. The number of para-hydroxylation sites is 1. The van der Waals surface area contributed by atoms with Crippen LogP contribution in [0.25, 0.3) is 0 Å². The minimum absolute atomic E-state index is 0.168. The van der Waals surface area contributed by atoms with Gasteiger partial charge in [0, 0.05) is 17.1 Å². The molecular formula is C16H18N2O2. The molecule has 0 aliphatic carbocycles. The number of rotatable bonds is 5. The van der Waals surface area contributed by atoms with Crippen LogP contribution in [0.5, 0.6) is 0 Å². The lowest BCUT2D eigenvalue weighted by molar-refractivity contribution is -0.141. The summed E-state index contributed by atoms with van der Waals surface area (Å²) in [4.78, 5) is 13.7. The highest BCUT2D eigenvalue weighted by Gasteiger charge is 2.14. The van der Waals surface area contributed by atoms with Crippen molar-refractivity contribution in [3.05, 3.63) is 54.6 Å². The Morgan fingerprint density at radius 3 is 2.25 bits per heavy atom. The summed E-state index contributed by atoms with van der Waals surface area (Å²) in [7, 11) is 0. The minimum atomic E-state index is -0.256. The molecular weight excluding hydrogens is 252 g/mol. The highest BCUT2D eigenvalue weighted by atomic mass is 16.5. The van der Waals surface area contributed by atoms with Gasteiger partial charge >= 0.3 is 5.97 Å². The van der Waals surface area contributed by atoms with Crippen LogP contribution in [-0.2, 0) is 9.53 Å². The number of nitrogens with zero attached hydrogens (tertiary/aromatic N) is 1. The summed E-state index contributed by atoms with van der Waals surface area (Å²) in [5, 5.41) is 0. The predicted molar refractivity (Wildman–Crippen MR) is 80.9 cm³/mol. The van der Waals surface area contributed by atoms with Crippen molar-refractivity contribution < 1.29 is 9.53 Å². The van der Waals surface area contributed by atoms with Crippen molar-refractivity contribution in [2.75, 3.05) is 23.8 Å². The smallest absolute Gasteiger partial charge is 0.325 e. The number of anilines is 3. The second-order valence-electron chi connectivity index (χ2n) is 4.32. The van der Waals surface area contributed by atoms with Gasteiger partial charge in [-0.3, -0.25) is 4.79 Å². The fraction of sp³-hybridized carbons (Fsp3) is 0.188. The number of ether oxygens (including phenoxy) is 1. The first-order valence-corrected chi connectivity index (χ1v) is 6.54. The number of carbonyl (C=O) groups is 1. The number of carbonyl (C=O) groups excluding carboxylic acids is 1. The summed E-state index contributed by atoms with van der Waals surface area (Å²) in [5.74, 6) is -0.256. The van der Waals surface area contributed by atoms with Gasteiger partial charge in [-0.15, -0.1) is 0 Å². The molecule has 0 fully saturated rings. The summed E-state index contributed by atoms with van der Waals surface area (Å²) in [6.45, 7) is 2.35. The van der Waals surface area contributed by atoms with Crippen molar-refractivity contribution in [3.63, 3.8) is 0 Å². The lowest BCUT2D eigenvalue weighted by atomic mass is 10.2. The van der Waals surface area contributed by atoms with E-state index >= 15 is 0 Å². The van der Waals surface area contributed by atoms with Gasteiger partial charge in [0.1, 0.15) is 6.54 Å². The Labute approximate surface area is 118 Å². The van der Waals surface area contributed by atoms with E-state index in [-0.39, 0.29) is 12.5 Å². The van der Waals surface area contributed by atoms with E-state index in [2.05, 4.69) is 0 Å². The van der Waals surface area contributed by atoms with Crippen molar-refractivity contribution in [3.8, 4) is 0 Å². The van der Waals surface area contributed by atoms with E-state index in [9.17, 15) is 4.79 Å². The molecule has 0 bridgehead atoms. The molecule has 0 radical (unpaired) electrons. The van der Waals surface area contributed by atoms with E-state index < -0.39 is 0 Å². The Balaban J connectivity index is 2.29. The first-order valence-electron chi connectivity index (χ1n) is 6.54. The molecule has 2 aromatic rings. The van der Waals surface area contributed by atoms with Gasteiger partial charge in [-0.2, -0.15) is 0 Å². The van der Waals surface area contributed by atoms with Crippen LogP contribution < -0.4 is 10.6 Å². The van der Waals surface area contributed by atoms with Crippen LogP contribution in [0.3, 0.4) is 0 Å². The maximum atomic E-state index is 11.8. The van der Waals surface area contributed by atoms with Crippen LogP contribution in [-0.4, -0.2) is 19.1 Å². The molecule has 0 amide bonds. The topological polar surface area (TPSA) is 55.6 Å². The summed E-state index contributed by atoms with van der Waals surface area (Å²) in [5.41, 5.74) is 8.23. The number of nitrogens with two attached hydrogens (primary N) is 1. The molecule has 0 unspecified atom stereocenters. The SMILES string of the molecule is CCOC(=O)CN(c1ccccc1)c1ccc(N)cc1. The van der Waals surface area contributed by atoms with E-state index in [1.807, 2.05) is 59.5 Å². The van der Waals surface area contributed by atoms with Gasteiger partial charge in [0.25, 0.3) is 0 Å². The highest BCUT2D eigenvalue weighted by molar-refractivity contribution is 5.80. The third-order valence-corrected chi connectivity index (χ3v) is 2.87. The lowest BCUT2D eigenvalue weighted by Gasteiger charge is -2.24. The third-order valence-electron chi connectivity index (χ3n) is 2.87. The number of hydrogen-bond donors (Lipinski definition) is 1. The molecule has 2 N–H and O–H groups in total. The van der Waals surface area contributed by atoms with Gasteiger partial charge in [-0.25, -0.2) is 0 Å². The van der Waals surface area contributed by atoms with Gasteiger partial charge in [0.05, 0.1) is 6.61 Å². The Kier molecular flexibility index (Phi) is 4.60. The van der Waals surface area contributed by atoms with Crippen LogP contribution >= 0.6 is 0 Å². The Morgan fingerprint density at radius 2 is 1.65 bits per heavy atom. The van der Waals surface area contributed by atoms with E-state index in [0.29, 0.717) is 12.3 Å². The Hall–Kier alpha value is -2.49. The zero-order valence-electron chi connectivity index (χ0n) is 11.5. The van der Waals surface area contributed by atoms with Gasteiger partial charge in [-0.1, -0.05) is 18.2 Å². The molecule has 4 nitrogen and oxygen atoms in total.